The Balaban J connectivity index is 3.81. The molecule has 62 valence electrons. The molecule has 5 heteroatoms. The summed E-state index contributed by atoms with van der Waals surface area (Å²) in [6.07, 6.45) is -4.12. The van der Waals surface area contributed by atoms with Crippen LogP contribution in [0, 0.1) is 0 Å². The van der Waals surface area contributed by atoms with Crippen LogP contribution < -0.4 is 10.9 Å². The quantitative estimate of drug-likeness (QED) is 0.597. The zero-order valence-corrected chi connectivity index (χ0v) is 5.92. The Bertz CT molecular complexity index is 91.4. The first kappa shape index (κ1) is 9.71. The van der Waals surface area contributed by atoms with Crippen LogP contribution in [-0.4, -0.2) is 19.3 Å². The van der Waals surface area contributed by atoms with E-state index >= 15 is 0 Å². The van der Waals surface area contributed by atoms with E-state index in [1.54, 1.807) is 0 Å². The van der Waals surface area contributed by atoms with Crippen LogP contribution in [0.1, 0.15) is 13.3 Å². The van der Waals surface area contributed by atoms with Crippen molar-refractivity contribution in [1.82, 2.24) is 10.9 Å². The second kappa shape index (κ2) is 3.78. The predicted molar refractivity (Wildman–Crippen MR) is 32.3 cm³/mol. The van der Waals surface area contributed by atoms with Crippen molar-refractivity contribution in [3.05, 3.63) is 0 Å². The average Bonchev–Trinajstić information content (AvgIpc) is 1.80. The molecule has 2 nitrogen and oxygen atoms in total. The van der Waals surface area contributed by atoms with Gasteiger partial charge in [-0.25, -0.2) is 5.43 Å². The van der Waals surface area contributed by atoms with Crippen LogP contribution in [0.3, 0.4) is 0 Å². The van der Waals surface area contributed by atoms with Gasteiger partial charge in [0.05, 0.1) is 0 Å². The first-order chi connectivity index (χ1) is 4.52. The fourth-order valence-corrected chi connectivity index (χ4v) is 0.590. The highest BCUT2D eigenvalue weighted by Gasteiger charge is 2.37. The van der Waals surface area contributed by atoms with Crippen molar-refractivity contribution >= 4 is 0 Å². The minimum atomic E-state index is -4.16. The molecule has 10 heavy (non-hydrogen) atoms. The third-order valence-electron chi connectivity index (χ3n) is 1.12. The molecule has 0 saturated heterocycles. The Labute approximate surface area is 57.8 Å². The molecule has 0 spiro atoms. The molecular formula is C5H11F3N2. The lowest BCUT2D eigenvalue weighted by Crippen LogP contribution is -2.47. The molecule has 0 aliphatic carbocycles. The Morgan fingerprint density at radius 2 is 1.90 bits per heavy atom. The molecule has 0 amide bonds. The lowest BCUT2D eigenvalue weighted by atomic mass is 10.2. The van der Waals surface area contributed by atoms with E-state index in [1.165, 1.54) is 14.0 Å². The normalized spacial score (nSPS) is 15.3. The van der Waals surface area contributed by atoms with Gasteiger partial charge in [0, 0.05) is 0 Å². The van der Waals surface area contributed by atoms with Crippen LogP contribution in [0.15, 0.2) is 0 Å². The van der Waals surface area contributed by atoms with Crippen molar-refractivity contribution in [2.45, 2.75) is 25.6 Å². The number of hydrogen-bond donors (Lipinski definition) is 2. The van der Waals surface area contributed by atoms with Crippen LogP contribution >= 0.6 is 0 Å². The molecule has 0 radical (unpaired) electrons. The highest BCUT2D eigenvalue weighted by atomic mass is 19.4. The molecule has 0 aromatic rings. The molecule has 0 heterocycles. The van der Waals surface area contributed by atoms with E-state index in [1.807, 2.05) is 0 Å². The Kier molecular flexibility index (Phi) is 3.67. The predicted octanol–water partition coefficient (Wildman–Crippen LogP) is 1.05. The summed E-state index contributed by atoms with van der Waals surface area (Å²) in [7, 11) is 1.41. The van der Waals surface area contributed by atoms with Gasteiger partial charge in [-0.2, -0.15) is 13.2 Å². The van der Waals surface area contributed by atoms with Gasteiger partial charge < -0.3 is 0 Å². The second-order valence-electron chi connectivity index (χ2n) is 1.90. The maximum atomic E-state index is 11.8. The minimum absolute atomic E-state index is 0.0321. The topological polar surface area (TPSA) is 24.1 Å². The van der Waals surface area contributed by atoms with Crippen LogP contribution in [0.2, 0.25) is 0 Å². The van der Waals surface area contributed by atoms with Gasteiger partial charge in [-0.3, -0.25) is 5.43 Å². The molecule has 2 N–H and O–H groups in total. The molecule has 0 fully saturated rings. The lowest BCUT2D eigenvalue weighted by Gasteiger charge is -2.18. The zero-order chi connectivity index (χ0) is 8.20. The lowest BCUT2D eigenvalue weighted by molar-refractivity contribution is -0.158. The summed E-state index contributed by atoms with van der Waals surface area (Å²) in [5.41, 5.74) is 4.35. The minimum Gasteiger partial charge on any atom is -0.260 e. The zero-order valence-electron chi connectivity index (χ0n) is 5.92. The van der Waals surface area contributed by atoms with Crippen molar-refractivity contribution in [3.63, 3.8) is 0 Å². The smallest absolute Gasteiger partial charge is 0.260 e. The number of rotatable bonds is 3. The molecular weight excluding hydrogens is 145 g/mol. The van der Waals surface area contributed by atoms with Gasteiger partial charge in [0.15, 0.2) is 0 Å². The van der Waals surface area contributed by atoms with E-state index in [-0.39, 0.29) is 6.42 Å². The van der Waals surface area contributed by atoms with Gasteiger partial charge in [-0.05, 0) is 13.5 Å². The van der Waals surface area contributed by atoms with E-state index in [9.17, 15) is 13.2 Å². The van der Waals surface area contributed by atoms with E-state index in [0.29, 0.717) is 0 Å². The maximum Gasteiger partial charge on any atom is 0.405 e. The van der Waals surface area contributed by atoms with Gasteiger partial charge in [0.2, 0.25) is 0 Å². The van der Waals surface area contributed by atoms with Gasteiger partial charge in [-0.1, -0.05) is 6.92 Å². The number of hydrogen-bond acceptors (Lipinski definition) is 2. The third-order valence-corrected chi connectivity index (χ3v) is 1.12. The molecule has 0 aromatic carbocycles. The summed E-state index contributed by atoms with van der Waals surface area (Å²) in [4.78, 5) is 0. The van der Waals surface area contributed by atoms with Crippen LogP contribution in [0.5, 0.6) is 0 Å². The summed E-state index contributed by atoms with van der Waals surface area (Å²) < 4.78 is 35.4. The largest absolute Gasteiger partial charge is 0.405 e. The standard InChI is InChI=1S/C5H11F3N2/c1-3-4(10-9-2)5(6,7)8/h4,9-10H,3H2,1-2H3. The van der Waals surface area contributed by atoms with E-state index in [0.717, 1.165) is 0 Å². The number of hydrazine groups is 1. The molecule has 1 atom stereocenters. The van der Waals surface area contributed by atoms with E-state index in [4.69, 9.17) is 0 Å². The van der Waals surface area contributed by atoms with Crippen molar-refractivity contribution < 1.29 is 13.2 Å². The number of nitrogens with one attached hydrogen (secondary N) is 2. The molecule has 0 aliphatic rings. The van der Waals surface area contributed by atoms with E-state index < -0.39 is 12.2 Å². The first-order valence-corrected chi connectivity index (χ1v) is 3.01. The molecule has 1 unspecified atom stereocenters. The van der Waals surface area contributed by atoms with E-state index in [2.05, 4.69) is 10.9 Å². The molecule has 0 bridgehead atoms. The van der Waals surface area contributed by atoms with Crippen molar-refractivity contribution in [2.75, 3.05) is 7.05 Å². The second-order valence-corrected chi connectivity index (χ2v) is 1.90. The Hall–Kier alpha value is -0.290. The fourth-order valence-electron chi connectivity index (χ4n) is 0.590. The van der Waals surface area contributed by atoms with Gasteiger partial charge in [0.1, 0.15) is 6.04 Å². The summed E-state index contributed by atoms with van der Waals surface area (Å²) in [5, 5.41) is 0. The summed E-state index contributed by atoms with van der Waals surface area (Å²) in [6.45, 7) is 1.47. The average molecular weight is 156 g/mol. The van der Waals surface area contributed by atoms with Crippen molar-refractivity contribution in [2.24, 2.45) is 0 Å². The highest BCUT2D eigenvalue weighted by Crippen LogP contribution is 2.21. The van der Waals surface area contributed by atoms with Crippen molar-refractivity contribution in [3.8, 4) is 0 Å². The summed E-state index contributed by atoms with van der Waals surface area (Å²) in [6, 6.07) is -1.45. The summed E-state index contributed by atoms with van der Waals surface area (Å²) in [5.74, 6) is 0. The number of halogens is 3. The first-order valence-electron chi connectivity index (χ1n) is 3.01. The molecule has 0 rings (SSSR count). The highest BCUT2D eigenvalue weighted by molar-refractivity contribution is 4.70. The summed E-state index contributed by atoms with van der Waals surface area (Å²) >= 11 is 0. The SMILES string of the molecule is CCC(NNC)C(F)(F)F. The fraction of sp³-hybridized carbons (Fsp3) is 1.00. The van der Waals surface area contributed by atoms with Crippen LogP contribution in [-0.2, 0) is 0 Å². The molecule has 0 aromatic heterocycles. The Morgan fingerprint density at radius 3 is 2.00 bits per heavy atom. The van der Waals surface area contributed by atoms with Crippen LogP contribution in [0.25, 0.3) is 0 Å². The third kappa shape index (κ3) is 3.03. The molecule has 0 saturated carbocycles. The Morgan fingerprint density at radius 1 is 1.40 bits per heavy atom. The van der Waals surface area contributed by atoms with Crippen molar-refractivity contribution in [1.29, 1.82) is 0 Å². The van der Waals surface area contributed by atoms with Gasteiger partial charge >= 0.3 is 6.18 Å². The maximum absolute atomic E-state index is 11.8. The van der Waals surface area contributed by atoms with Gasteiger partial charge in [0.25, 0.3) is 0 Å². The van der Waals surface area contributed by atoms with Crippen LogP contribution in [0.4, 0.5) is 13.2 Å². The monoisotopic (exact) mass is 156 g/mol. The molecule has 0 aliphatic heterocycles. The van der Waals surface area contributed by atoms with Gasteiger partial charge in [-0.15, -0.1) is 0 Å². The number of alkyl halides is 3.